The lowest BCUT2D eigenvalue weighted by Crippen LogP contribution is -2.01. The first kappa shape index (κ1) is 8.00. The lowest BCUT2D eigenvalue weighted by molar-refractivity contribution is 0.173. The molecular formula is C6H10N4OS. The van der Waals surface area contributed by atoms with Gasteiger partial charge in [-0.3, -0.25) is 0 Å². The average Bonchev–Trinajstić information content (AvgIpc) is 2.65. The Labute approximate surface area is 74.5 Å². The van der Waals surface area contributed by atoms with Crippen LogP contribution >= 0.6 is 11.8 Å². The minimum absolute atomic E-state index is 0.245. The highest BCUT2D eigenvalue weighted by molar-refractivity contribution is 7.99. The number of hydrogen-bond donors (Lipinski definition) is 0. The molecule has 1 fully saturated rings. The summed E-state index contributed by atoms with van der Waals surface area (Å²) in [5.74, 6) is 0. The SMILES string of the molecule is Cn1nnnc1SC1CCCO1. The van der Waals surface area contributed by atoms with E-state index >= 15 is 0 Å². The summed E-state index contributed by atoms with van der Waals surface area (Å²) in [6.07, 6.45) is 2.24. The van der Waals surface area contributed by atoms with E-state index in [1.807, 2.05) is 7.05 Å². The van der Waals surface area contributed by atoms with Crippen molar-refractivity contribution in [3.8, 4) is 0 Å². The Bertz CT molecular complexity index is 258. The molecule has 1 unspecified atom stereocenters. The Balaban J connectivity index is 1.98. The molecule has 0 radical (unpaired) electrons. The van der Waals surface area contributed by atoms with E-state index in [0.717, 1.165) is 24.6 Å². The lowest BCUT2D eigenvalue weighted by atomic mass is 10.4. The summed E-state index contributed by atoms with van der Waals surface area (Å²) < 4.78 is 7.09. The molecule has 1 aliphatic rings. The van der Waals surface area contributed by atoms with Crippen molar-refractivity contribution in [1.82, 2.24) is 20.2 Å². The van der Waals surface area contributed by atoms with E-state index in [-0.39, 0.29) is 5.44 Å². The molecule has 0 saturated carbocycles. The van der Waals surface area contributed by atoms with E-state index < -0.39 is 0 Å². The zero-order chi connectivity index (χ0) is 8.39. The van der Waals surface area contributed by atoms with Crippen molar-refractivity contribution in [1.29, 1.82) is 0 Å². The van der Waals surface area contributed by atoms with Crippen molar-refractivity contribution in [2.75, 3.05) is 6.61 Å². The molecule has 0 bridgehead atoms. The number of nitrogens with zero attached hydrogens (tertiary/aromatic N) is 4. The first-order valence-corrected chi connectivity index (χ1v) is 4.75. The molecule has 2 heterocycles. The first-order valence-electron chi connectivity index (χ1n) is 3.87. The third-order valence-electron chi connectivity index (χ3n) is 1.71. The molecule has 0 amide bonds. The average molecular weight is 186 g/mol. The molecule has 1 aliphatic heterocycles. The van der Waals surface area contributed by atoms with Gasteiger partial charge in [0.1, 0.15) is 5.44 Å². The van der Waals surface area contributed by atoms with Crippen molar-refractivity contribution >= 4 is 11.8 Å². The van der Waals surface area contributed by atoms with Crippen LogP contribution in [0, 0.1) is 0 Å². The van der Waals surface area contributed by atoms with Gasteiger partial charge in [-0.05, 0) is 23.3 Å². The third-order valence-corrected chi connectivity index (χ3v) is 2.90. The maximum absolute atomic E-state index is 5.44. The summed E-state index contributed by atoms with van der Waals surface area (Å²) in [5, 5.41) is 12.0. The second-order valence-corrected chi connectivity index (χ2v) is 3.77. The van der Waals surface area contributed by atoms with Gasteiger partial charge in [0.2, 0.25) is 5.16 Å². The second kappa shape index (κ2) is 3.40. The Morgan fingerprint density at radius 1 is 1.67 bits per heavy atom. The molecule has 0 spiro atoms. The monoisotopic (exact) mass is 186 g/mol. The van der Waals surface area contributed by atoms with E-state index in [1.54, 1.807) is 16.4 Å². The molecule has 0 aromatic carbocycles. The third kappa shape index (κ3) is 1.59. The summed E-state index contributed by atoms with van der Waals surface area (Å²) in [6.45, 7) is 0.864. The van der Waals surface area contributed by atoms with Gasteiger partial charge in [-0.25, -0.2) is 4.68 Å². The molecule has 1 atom stereocenters. The standard InChI is InChI=1S/C6H10N4OS/c1-10-6(7-8-9-10)12-5-3-2-4-11-5/h5H,2-4H2,1H3. The molecule has 1 aromatic rings. The first-order chi connectivity index (χ1) is 5.86. The predicted molar refractivity (Wildman–Crippen MR) is 43.6 cm³/mol. The second-order valence-electron chi connectivity index (χ2n) is 2.65. The van der Waals surface area contributed by atoms with E-state index in [2.05, 4.69) is 15.5 Å². The summed E-state index contributed by atoms with van der Waals surface area (Å²) in [5.41, 5.74) is 0.245. The van der Waals surface area contributed by atoms with Gasteiger partial charge in [0.05, 0.1) is 0 Å². The number of rotatable bonds is 2. The van der Waals surface area contributed by atoms with Gasteiger partial charge in [0.25, 0.3) is 0 Å². The summed E-state index contributed by atoms with van der Waals surface area (Å²) in [6, 6.07) is 0. The molecule has 12 heavy (non-hydrogen) atoms. The molecule has 66 valence electrons. The van der Waals surface area contributed by atoms with Crippen LogP contribution in [-0.2, 0) is 11.8 Å². The van der Waals surface area contributed by atoms with Gasteiger partial charge >= 0.3 is 0 Å². The van der Waals surface area contributed by atoms with E-state index in [1.165, 1.54) is 0 Å². The fourth-order valence-electron chi connectivity index (χ4n) is 1.08. The number of thioether (sulfide) groups is 1. The van der Waals surface area contributed by atoms with Crippen LogP contribution in [0.5, 0.6) is 0 Å². The summed E-state index contributed by atoms with van der Waals surface area (Å²) >= 11 is 1.59. The van der Waals surface area contributed by atoms with Crippen LogP contribution in [0.15, 0.2) is 5.16 Å². The van der Waals surface area contributed by atoms with Gasteiger partial charge in [-0.15, -0.1) is 5.10 Å². The number of aromatic nitrogens is 4. The zero-order valence-corrected chi connectivity index (χ0v) is 7.62. The van der Waals surface area contributed by atoms with Gasteiger partial charge in [0, 0.05) is 13.7 Å². The number of tetrazole rings is 1. The molecular weight excluding hydrogens is 176 g/mol. The summed E-state index contributed by atoms with van der Waals surface area (Å²) in [7, 11) is 1.83. The van der Waals surface area contributed by atoms with E-state index in [0.29, 0.717) is 0 Å². The van der Waals surface area contributed by atoms with Crippen molar-refractivity contribution < 1.29 is 4.74 Å². The maximum atomic E-state index is 5.44. The van der Waals surface area contributed by atoms with Gasteiger partial charge < -0.3 is 4.74 Å². The Morgan fingerprint density at radius 3 is 3.17 bits per heavy atom. The highest BCUT2D eigenvalue weighted by atomic mass is 32.2. The van der Waals surface area contributed by atoms with Crippen molar-refractivity contribution in [3.63, 3.8) is 0 Å². The Morgan fingerprint density at radius 2 is 2.58 bits per heavy atom. The molecule has 1 saturated heterocycles. The van der Waals surface area contributed by atoms with Crippen LogP contribution in [0.1, 0.15) is 12.8 Å². The molecule has 0 aliphatic carbocycles. The highest BCUT2D eigenvalue weighted by Gasteiger charge is 2.19. The minimum atomic E-state index is 0.245. The summed E-state index contributed by atoms with van der Waals surface area (Å²) in [4.78, 5) is 0. The Hall–Kier alpha value is -0.620. The smallest absolute Gasteiger partial charge is 0.211 e. The number of hydrogen-bond acceptors (Lipinski definition) is 5. The van der Waals surface area contributed by atoms with Crippen LogP contribution in [-0.4, -0.2) is 32.3 Å². The van der Waals surface area contributed by atoms with Crippen LogP contribution < -0.4 is 0 Å². The van der Waals surface area contributed by atoms with Gasteiger partial charge in [0.15, 0.2) is 0 Å². The zero-order valence-electron chi connectivity index (χ0n) is 6.80. The fraction of sp³-hybridized carbons (Fsp3) is 0.833. The molecule has 6 heteroatoms. The molecule has 1 aromatic heterocycles. The number of aryl methyl sites for hydroxylation is 1. The van der Waals surface area contributed by atoms with Crippen LogP contribution in [0.2, 0.25) is 0 Å². The van der Waals surface area contributed by atoms with Crippen LogP contribution in [0.4, 0.5) is 0 Å². The van der Waals surface area contributed by atoms with Gasteiger partial charge in [-0.2, -0.15) is 0 Å². The highest BCUT2D eigenvalue weighted by Crippen LogP contribution is 2.28. The minimum Gasteiger partial charge on any atom is -0.367 e. The van der Waals surface area contributed by atoms with Gasteiger partial charge in [-0.1, -0.05) is 11.8 Å². The Kier molecular flexibility index (Phi) is 2.27. The van der Waals surface area contributed by atoms with Crippen molar-refractivity contribution in [2.45, 2.75) is 23.4 Å². The lowest BCUT2D eigenvalue weighted by Gasteiger charge is -2.05. The number of ether oxygens (including phenoxy) is 1. The van der Waals surface area contributed by atoms with Crippen LogP contribution in [0.3, 0.4) is 0 Å². The molecule has 0 N–H and O–H groups in total. The normalized spacial score (nSPS) is 23.2. The topological polar surface area (TPSA) is 52.8 Å². The largest absolute Gasteiger partial charge is 0.367 e. The molecule has 2 rings (SSSR count). The fourth-order valence-corrected chi connectivity index (χ4v) is 2.04. The van der Waals surface area contributed by atoms with Crippen molar-refractivity contribution in [2.24, 2.45) is 7.05 Å². The predicted octanol–water partition coefficient (Wildman–Crippen LogP) is 0.439. The molecule has 5 nitrogen and oxygen atoms in total. The van der Waals surface area contributed by atoms with E-state index in [9.17, 15) is 0 Å². The maximum Gasteiger partial charge on any atom is 0.211 e. The van der Waals surface area contributed by atoms with E-state index in [4.69, 9.17) is 4.74 Å². The van der Waals surface area contributed by atoms with Crippen molar-refractivity contribution in [3.05, 3.63) is 0 Å². The quantitative estimate of drug-likeness (QED) is 0.670. The van der Waals surface area contributed by atoms with Crippen LogP contribution in [0.25, 0.3) is 0 Å².